The largest absolute Gasteiger partial charge is 0.469 e. The highest BCUT2D eigenvalue weighted by Crippen LogP contribution is 2.53. The van der Waals surface area contributed by atoms with E-state index in [4.69, 9.17) is 16.3 Å². The van der Waals surface area contributed by atoms with Crippen molar-refractivity contribution in [3.8, 4) is 0 Å². The second kappa shape index (κ2) is 6.62. The number of alkyl halides is 1. The molecule has 1 aliphatic heterocycles. The van der Waals surface area contributed by atoms with Crippen molar-refractivity contribution in [1.29, 1.82) is 0 Å². The molecule has 1 aromatic heterocycles. The van der Waals surface area contributed by atoms with Crippen LogP contribution in [-0.4, -0.2) is 41.3 Å². The minimum atomic E-state index is -0.291. The van der Waals surface area contributed by atoms with Crippen LogP contribution in [0.15, 0.2) is 24.3 Å². The van der Waals surface area contributed by atoms with Gasteiger partial charge in [0, 0.05) is 23.1 Å². The number of amides is 1. The van der Waals surface area contributed by atoms with Gasteiger partial charge in [-0.1, -0.05) is 31.5 Å². The predicted molar refractivity (Wildman–Crippen MR) is 100 cm³/mol. The number of methoxy groups -OCH3 is 1. The summed E-state index contributed by atoms with van der Waals surface area (Å²) >= 11 is 5.88. The van der Waals surface area contributed by atoms with Crippen LogP contribution in [-0.2, 0) is 14.3 Å². The highest BCUT2D eigenvalue weighted by atomic mass is 35.5. The molecule has 1 N–H and O–H groups in total. The Balaban J connectivity index is 1.94. The molecular formula is C20H23ClN2O3. The van der Waals surface area contributed by atoms with Gasteiger partial charge in [-0.15, -0.1) is 11.6 Å². The number of H-pyrrole nitrogens is 1. The van der Waals surface area contributed by atoms with Gasteiger partial charge < -0.3 is 14.6 Å². The molecule has 1 fully saturated rings. The Bertz CT molecular complexity index is 862. The highest BCUT2D eigenvalue weighted by molar-refractivity contribution is 6.27. The topological polar surface area (TPSA) is 62.4 Å². The molecule has 2 aliphatic rings. The van der Waals surface area contributed by atoms with Crippen LogP contribution < -0.4 is 0 Å². The number of nitrogens with zero attached hydrogens (tertiary/aromatic N) is 1. The Morgan fingerprint density at radius 3 is 2.81 bits per heavy atom. The van der Waals surface area contributed by atoms with Crippen LogP contribution in [0.2, 0.25) is 0 Å². The number of aromatic amines is 1. The number of hydrogen-bond donors (Lipinski definition) is 1. The molecule has 0 unspecified atom stereocenters. The fourth-order valence-electron chi connectivity index (χ4n) is 4.97. The standard InChI is InChI=1S/C20H23ClN2O3/c1-3-11-10-23(16(24)9-21)15-8-13(11)18(20(25)26-2)17-12-6-4-5-7-14(12)22-19(15)17/h4-7,11,13,15,18,22H,3,8-10H2,1-2H3/t11-,13+,15+,18+/m0/s1. The minimum absolute atomic E-state index is 0.0202. The lowest BCUT2D eigenvalue weighted by Gasteiger charge is -2.49. The monoisotopic (exact) mass is 374 g/mol. The summed E-state index contributed by atoms with van der Waals surface area (Å²) in [4.78, 5) is 30.7. The van der Waals surface area contributed by atoms with E-state index >= 15 is 0 Å². The number of nitrogens with one attached hydrogen (secondary N) is 1. The summed E-state index contributed by atoms with van der Waals surface area (Å²) in [6, 6.07) is 7.94. The van der Waals surface area contributed by atoms with Crippen LogP contribution in [0.25, 0.3) is 10.9 Å². The van der Waals surface area contributed by atoms with Crippen molar-refractivity contribution in [3.05, 3.63) is 35.5 Å². The lowest BCUT2D eigenvalue weighted by molar-refractivity contribution is -0.147. The average Bonchev–Trinajstić information content (AvgIpc) is 3.07. The maximum Gasteiger partial charge on any atom is 0.313 e. The Hall–Kier alpha value is -2.01. The molecule has 1 aromatic carbocycles. The summed E-state index contributed by atoms with van der Waals surface area (Å²) in [6.07, 6.45) is 1.68. The van der Waals surface area contributed by atoms with Crippen molar-refractivity contribution >= 4 is 34.4 Å². The normalized spacial score (nSPS) is 27.3. The number of esters is 1. The number of carbonyl (C=O) groups is 2. The number of fused-ring (bicyclic) bond motifs is 6. The Kier molecular flexibility index (Phi) is 4.43. The maximum atomic E-state index is 12.8. The second-order valence-corrected chi connectivity index (χ2v) is 7.53. The molecule has 2 heterocycles. The molecule has 0 spiro atoms. The minimum Gasteiger partial charge on any atom is -0.469 e. The number of carbonyl (C=O) groups excluding carboxylic acids is 2. The van der Waals surface area contributed by atoms with Gasteiger partial charge in [0.15, 0.2) is 0 Å². The number of ether oxygens (including phenoxy) is 1. The van der Waals surface area contributed by atoms with Crippen molar-refractivity contribution in [2.45, 2.75) is 31.7 Å². The number of halogens is 1. The highest BCUT2D eigenvalue weighted by Gasteiger charge is 2.50. The van der Waals surface area contributed by atoms with Crippen LogP contribution in [0.3, 0.4) is 0 Å². The Labute approximate surface area is 157 Å². The molecule has 138 valence electrons. The van der Waals surface area contributed by atoms with E-state index in [1.54, 1.807) is 0 Å². The van der Waals surface area contributed by atoms with Crippen LogP contribution in [0.5, 0.6) is 0 Å². The lowest BCUT2D eigenvalue weighted by Crippen LogP contribution is -2.51. The number of piperidine rings is 1. The first-order valence-corrected chi connectivity index (χ1v) is 9.67. The third kappa shape index (κ3) is 2.44. The van der Waals surface area contributed by atoms with Gasteiger partial charge in [0.1, 0.15) is 5.88 Å². The first-order chi connectivity index (χ1) is 12.6. The fraction of sp³-hybridized carbons (Fsp3) is 0.500. The van der Waals surface area contributed by atoms with Gasteiger partial charge in [-0.05, 0) is 29.9 Å². The predicted octanol–water partition coefficient (Wildman–Crippen LogP) is 3.59. The Morgan fingerprint density at radius 2 is 2.12 bits per heavy atom. The van der Waals surface area contributed by atoms with E-state index in [0.29, 0.717) is 6.54 Å². The van der Waals surface area contributed by atoms with Crippen LogP contribution >= 0.6 is 11.6 Å². The van der Waals surface area contributed by atoms with E-state index in [0.717, 1.165) is 35.0 Å². The molecule has 26 heavy (non-hydrogen) atoms. The Morgan fingerprint density at radius 1 is 1.35 bits per heavy atom. The van der Waals surface area contributed by atoms with Crippen molar-refractivity contribution in [2.24, 2.45) is 11.8 Å². The zero-order valence-corrected chi connectivity index (χ0v) is 15.8. The van der Waals surface area contributed by atoms with Crippen LogP contribution in [0.1, 0.15) is 43.0 Å². The first kappa shape index (κ1) is 17.4. The van der Waals surface area contributed by atoms with E-state index in [2.05, 4.69) is 11.9 Å². The summed E-state index contributed by atoms with van der Waals surface area (Å²) in [5.41, 5.74) is 2.95. The zero-order chi connectivity index (χ0) is 18.4. The maximum absolute atomic E-state index is 12.8. The number of rotatable bonds is 3. The van der Waals surface area contributed by atoms with Gasteiger partial charge in [-0.25, -0.2) is 0 Å². The van der Waals surface area contributed by atoms with Gasteiger partial charge in [0.05, 0.1) is 19.1 Å². The molecule has 1 amide bonds. The van der Waals surface area contributed by atoms with E-state index in [-0.39, 0.29) is 41.6 Å². The molecule has 2 bridgehead atoms. The van der Waals surface area contributed by atoms with Crippen LogP contribution in [0.4, 0.5) is 0 Å². The number of hydrogen-bond acceptors (Lipinski definition) is 3. The number of aromatic nitrogens is 1. The summed E-state index contributed by atoms with van der Waals surface area (Å²) in [7, 11) is 1.45. The molecule has 6 heteroatoms. The van der Waals surface area contributed by atoms with Gasteiger partial charge in [-0.2, -0.15) is 0 Å². The quantitative estimate of drug-likeness (QED) is 0.659. The molecular weight excluding hydrogens is 352 g/mol. The third-order valence-electron chi connectivity index (χ3n) is 6.17. The molecule has 0 radical (unpaired) electrons. The molecule has 1 aliphatic carbocycles. The van der Waals surface area contributed by atoms with Crippen LogP contribution in [0, 0.1) is 11.8 Å². The SMILES string of the molecule is CC[C@H]1CN(C(=O)CCl)[C@@H]2C[C@H]1[C@@H](C(=O)OC)c1c2[nH]c2ccccc12. The summed E-state index contributed by atoms with van der Waals surface area (Å²) < 4.78 is 5.19. The number of para-hydroxylation sites is 1. The van der Waals surface area contributed by atoms with Gasteiger partial charge in [0.2, 0.25) is 5.91 Å². The van der Waals surface area contributed by atoms with E-state index in [1.807, 2.05) is 29.2 Å². The zero-order valence-electron chi connectivity index (χ0n) is 15.0. The van der Waals surface area contributed by atoms with E-state index < -0.39 is 0 Å². The van der Waals surface area contributed by atoms with Gasteiger partial charge >= 0.3 is 5.97 Å². The number of likely N-dealkylation sites (tertiary alicyclic amines) is 1. The molecule has 0 saturated carbocycles. The van der Waals surface area contributed by atoms with E-state index in [9.17, 15) is 9.59 Å². The smallest absolute Gasteiger partial charge is 0.313 e. The molecule has 1 saturated heterocycles. The molecule has 2 aromatic rings. The van der Waals surface area contributed by atoms with Crippen molar-refractivity contribution in [1.82, 2.24) is 9.88 Å². The molecule has 4 rings (SSSR count). The lowest BCUT2D eigenvalue weighted by atomic mass is 9.65. The van der Waals surface area contributed by atoms with Gasteiger partial charge in [-0.3, -0.25) is 9.59 Å². The van der Waals surface area contributed by atoms with Crippen molar-refractivity contribution in [2.75, 3.05) is 19.5 Å². The first-order valence-electron chi connectivity index (χ1n) is 9.14. The van der Waals surface area contributed by atoms with E-state index in [1.165, 1.54) is 7.11 Å². The summed E-state index contributed by atoms with van der Waals surface area (Å²) in [6.45, 7) is 2.76. The van der Waals surface area contributed by atoms with Crippen molar-refractivity contribution in [3.63, 3.8) is 0 Å². The average molecular weight is 375 g/mol. The molecule has 5 nitrogen and oxygen atoms in total. The number of benzene rings is 1. The molecule has 4 atom stereocenters. The van der Waals surface area contributed by atoms with Crippen molar-refractivity contribution < 1.29 is 14.3 Å². The summed E-state index contributed by atoms with van der Waals surface area (Å²) in [5, 5.41) is 1.04. The fourth-order valence-corrected chi connectivity index (χ4v) is 5.13. The summed E-state index contributed by atoms with van der Waals surface area (Å²) in [5.74, 6) is -0.119. The third-order valence-corrected chi connectivity index (χ3v) is 6.40. The van der Waals surface area contributed by atoms with Gasteiger partial charge in [0.25, 0.3) is 0 Å². The second-order valence-electron chi connectivity index (χ2n) is 7.26.